The van der Waals surface area contributed by atoms with E-state index in [4.69, 9.17) is 5.10 Å². The number of anilines is 1. The van der Waals surface area contributed by atoms with Gasteiger partial charge < -0.3 is 5.32 Å². The Morgan fingerprint density at radius 2 is 2.04 bits per heavy atom. The molecule has 2 aromatic rings. The minimum Gasteiger partial charge on any atom is -0.370 e. The molecule has 0 spiro atoms. The van der Waals surface area contributed by atoms with Crippen LogP contribution in [-0.4, -0.2) is 34.3 Å². The topological polar surface area (TPSA) is 33.1 Å². The SMILES string of the molecule is CCN1CCCCC1c1nn(-c2cc(C)ccc2C)c2c1CCCCN2. The lowest BCUT2D eigenvalue weighted by atomic mass is 9.95. The molecular formula is C22H32N4. The van der Waals surface area contributed by atoms with Crippen LogP contribution in [0.5, 0.6) is 0 Å². The molecule has 0 bridgehead atoms. The molecular weight excluding hydrogens is 320 g/mol. The molecule has 4 rings (SSSR count). The summed E-state index contributed by atoms with van der Waals surface area (Å²) < 4.78 is 2.21. The maximum absolute atomic E-state index is 5.24. The summed E-state index contributed by atoms with van der Waals surface area (Å²) in [5, 5.41) is 8.95. The van der Waals surface area contributed by atoms with Gasteiger partial charge in [0.05, 0.1) is 17.4 Å². The van der Waals surface area contributed by atoms with Crippen LogP contribution < -0.4 is 5.32 Å². The van der Waals surface area contributed by atoms with Crippen molar-refractivity contribution < 1.29 is 0 Å². The number of hydrogen-bond donors (Lipinski definition) is 1. The second kappa shape index (κ2) is 7.43. The Bertz CT molecular complexity index is 777. The van der Waals surface area contributed by atoms with Gasteiger partial charge in [-0.1, -0.05) is 25.5 Å². The molecule has 1 N–H and O–H groups in total. The fourth-order valence-electron chi connectivity index (χ4n) is 4.60. The van der Waals surface area contributed by atoms with E-state index in [0.717, 1.165) is 19.5 Å². The van der Waals surface area contributed by atoms with Crippen molar-refractivity contribution in [3.8, 4) is 5.69 Å². The summed E-state index contributed by atoms with van der Waals surface area (Å²) in [6, 6.07) is 7.16. The molecule has 0 saturated carbocycles. The molecule has 2 aliphatic heterocycles. The molecule has 4 nitrogen and oxygen atoms in total. The van der Waals surface area contributed by atoms with Gasteiger partial charge in [0, 0.05) is 12.1 Å². The third kappa shape index (κ3) is 3.16. The maximum atomic E-state index is 5.24. The van der Waals surface area contributed by atoms with Gasteiger partial charge in [0.1, 0.15) is 5.82 Å². The quantitative estimate of drug-likeness (QED) is 0.862. The molecule has 1 aromatic carbocycles. The molecule has 0 radical (unpaired) electrons. The summed E-state index contributed by atoms with van der Waals surface area (Å²) in [5.74, 6) is 1.24. The molecule has 1 saturated heterocycles. The van der Waals surface area contributed by atoms with Crippen molar-refractivity contribution in [2.24, 2.45) is 0 Å². The number of likely N-dealkylation sites (tertiary alicyclic amines) is 1. The number of nitrogens with one attached hydrogen (secondary N) is 1. The number of nitrogens with zero attached hydrogens (tertiary/aromatic N) is 3. The monoisotopic (exact) mass is 352 g/mol. The van der Waals surface area contributed by atoms with Crippen LogP contribution in [0, 0.1) is 13.8 Å². The van der Waals surface area contributed by atoms with E-state index in [9.17, 15) is 0 Å². The number of aryl methyl sites for hydroxylation is 2. The Balaban J connectivity index is 1.85. The lowest BCUT2D eigenvalue weighted by molar-refractivity contribution is 0.152. The number of rotatable bonds is 3. The molecule has 2 aliphatic rings. The maximum Gasteiger partial charge on any atom is 0.133 e. The van der Waals surface area contributed by atoms with Crippen molar-refractivity contribution in [3.05, 3.63) is 40.6 Å². The van der Waals surface area contributed by atoms with Gasteiger partial charge in [-0.2, -0.15) is 5.10 Å². The number of hydrogen-bond acceptors (Lipinski definition) is 3. The lowest BCUT2D eigenvalue weighted by Crippen LogP contribution is -2.34. The van der Waals surface area contributed by atoms with Crippen LogP contribution in [0.3, 0.4) is 0 Å². The van der Waals surface area contributed by atoms with E-state index in [1.54, 1.807) is 0 Å². The van der Waals surface area contributed by atoms with Gasteiger partial charge in [-0.05, 0) is 76.2 Å². The predicted molar refractivity (Wildman–Crippen MR) is 108 cm³/mol. The van der Waals surface area contributed by atoms with Gasteiger partial charge in [0.15, 0.2) is 0 Å². The Labute approximate surface area is 157 Å². The highest BCUT2D eigenvalue weighted by atomic mass is 15.4. The van der Waals surface area contributed by atoms with E-state index >= 15 is 0 Å². The van der Waals surface area contributed by atoms with E-state index < -0.39 is 0 Å². The molecule has 1 aromatic heterocycles. The number of benzene rings is 1. The van der Waals surface area contributed by atoms with E-state index in [-0.39, 0.29) is 0 Å². The van der Waals surface area contributed by atoms with Gasteiger partial charge >= 0.3 is 0 Å². The minimum absolute atomic E-state index is 0.480. The zero-order valence-electron chi connectivity index (χ0n) is 16.5. The first-order chi connectivity index (χ1) is 12.7. The number of piperidine rings is 1. The lowest BCUT2D eigenvalue weighted by Gasteiger charge is -2.34. The summed E-state index contributed by atoms with van der Waals surface area (Å²) in [4.78, 5) is 2.63. The van der Waals surface area contributed by atoms with Gasteiger partial charge in [0.2, 0.25) is 0 Å². The van der Waals surface area contributed by atoms with Crippen molar-refractivity contribution >= 4 is 5.82 Å². The van der Waals surface area contributed by atoms with Gasteiger partial charge in [-0.25, -0.2) is 4.68 Å². The third-order valence-electron chi connectivity index (χ3n) is 6.09. The third-order valence-corrected chi connectivity index (χ3v) is 6.09. The second-order valence-corrected chi connectivity index (χ2v) is 7.94. The van der Waals surface area contributed by atoms with Crippen LogP contribution in [-0.2, 0) is 6.42 Å². The van der Waals surface area contributed by atoms with Gasteiger partial charge in [-0.15, -0.1) is 0 Å². The average molecular weight is 353 g/mol. The van der Waals surface area contributed by atoms with Crippen LogP contribution in [0.1, 0.15) is 67.5 Å². The van der Waals surface area contributed by atoms with Gasteiger partial charge in [-0.3, -0.25) is 4.90 Å². The summed E-state index contributed by atoms with van der Waals surface area (Å²) >= 11 is 0. The Kier molecular flexibility index (Phi) is 5.03. The highest BCUT2D eigenvalue weighted by Crippen LogP contribution is 2.38. The molecule has 1 fully saturated rings. The molecule has 1 unspecified atom stereocenters. The van der Waals surface area contributed by atoms with Crippen molar-refractivity contribution in [2.45, 2.75) is 65.3 Å². The van der Waals surface area contributed by atoms with Crippen LogP contribution in [0.4, 0.5) is 5.82 Å². The zero-order valence-corrected chi connectivity index (χ0v) is 16.5. The summed E-state index contributed by atoms with van der Waals surface area (Å²) in [6.45, 7) is 10.0. The zero-order chi connectivity index (χ0) is 18.1. The van der Waals surface area contributed by atoms with E-state index in [1.165, 1.54) is 72.5 Å². The summed E-state index contributed by atoms with van der Waals surface area (Å²) in [5.41, 5.74) is 6.60. The average Bonchev–Trinajstić information content (AvgIpc) is 2.84. The molecule has 0 amide bonds. The van der Waals surface area contributed by atoms with Crippen LogP contribution in [0.25, 0.3) is 5.69 Å². The molecule has 140 valence electrons. The first-order valence-corrected chi connectivity index (χ1v) is 10.4. The van der Waals surface area contributed by atoms with Crippen LogP contribution in [0.15, 0.2) is 18.2 Å². The first kappa shape index (κ1) is 17.6. The predicted octanol–water partition coefficient (Wildman–Crippen LogP) is 4.78. The normalized spacial score (nSPS) is 21.1. The highest BCUT2D eigenvalue weighted by molar-refractivity contribution is 5.57. The van der Waals surface area contributed by atoms with E-state index in [1.807, 2.05) is 0 Å². The number of fused-ring (bicyclic) bond motifs is 1. The Hall–Kier alpha value is -1.81. The molecule has 4 heteroatoms. The second-order valence-electron chi connectivity index (χ2n) is 7.94. The fourth-order valence-corrected chi connectivity index (χ4v) is 4.60. The smallest absolute Gasteiger partial charge is 0.133 e. The van der Waals surface area contributed by atoms with Crippen molar-refractivity contribution in [1.29, 1.82) is 0 Å². The first-order valence-electron chi connectivity index (χ1n) is 10.4. The van der Waals surface area contributed by atoms with Crippen molar-refractivity contribution in [3.63, 3.8) is 0 Å². The Morgan fingerprint density at radius 3 is 2.88 bits per heavy atom. The standard InChI is InChI=1S/C22H32N4/c1-4-25-14-8-6-10-19(25)21-18-9-5-7-13-23-22(18)26(24-21)20-15-16(2)11-12-17(20)3/h11-12,15,19,23H,4-10,13-14H2,1-3H3. The fraction of sp³-hybridized carbons (Fsp3) is 0.591. The van der Waals surface area contributed by atoms with Crippen molar-refractivity contribution in [1.82, 2.24) is 14.7 Å². The Morgan fingerprint density at radius 1 is 1.15 bits per heavy atom. The highest BCUT2D eigenvalue weighted by Gasteiger charge is 2.31. The molecule has 3 heterocycles. The minimum atomic E-state index is 0.480. The van der Waals surface area contributed by atoms with E-state index in [2.05, 4.69) is 53.9 Å². The largest absolute Gasteiger partial charge is 0.370 e. The van der Waals surface area contributed by atoms with Crippen LogP contribution >= 0.6 is 0 Å². The molecule has 26 heavy (non-hydrogen) atoms. The van der Waals surface area contributed by atoms with Gasteiger partial charge in [0.25, 0.3) is 0 Å². The summed E-state index contributed by atoms with van der Waals surface area (Å²) in [6.07, 6.45) is 7.52. The molecule has 1 atom stereocenters. The van der Waals surface area contributed by atoms with E-state index in [0.29, 0.717) is 6.04 Å². The van der Waals surface area contributed by atoms with Crippen LogP contribution in [0.2, 0.25) is 0 Å². The van der Waals surface area contributed by atoms with Crippen molar-refractivity contribution in [2.75, 3.05) is 25.0 Å². The number of aromatic nitrogens is 2. The molecule has 0 aliphatic carbocycles. The summed E-state index contributed by atoms with van der Waals surface area (Å²) in [7, 11) is 0.